The molecule has 0 saturated carbocycles. The number of nitrogens with one attached hydrogen (secondary N) is 2. The van der Waals surface area contributed by atoms with Crippen molar-refractivity contribution < 1.29 is 28.6 Å². The number of thioether (sulfide) groups is 1. The van der Waals surface area contributed by atoms with E-state index in [-0.39, 0.29) is 30.6 Å². The monoisotopic (exact) mass is 384 g/mol. The zero-order valence-corrected chi connectivity index (χ0v) is 15.1. The summed E-state index contributed by atoms with van der Waals surface area (Å²) < 4.78 is 18.1. The number of benzene rings is 1. The van der Waals surface area contributed by atoms with Crippen LogP contribution in [0.25, 0.3) is 0 Å². The first-order valence-electron chi connectivity index (χ1n) is 8.08. The Kier molecular flexibility index (Phi) is 6.98. The van der Waals surface area contributed by atoms with Crippen LogP contribution in [0, 0.1) is 5.82 Å². The Bertz CT molecular complexity index is 662. The Hall–Kier alpha value is -2.13. The molecular formula is C17H21FN2O5S. The molecule has 2 unspecified atom stereocenters. The maximum atomic E-state index is 12.8. The van der Waals surface area contributed by atoms with Gasteiger partial charge in [-0.05, 0) is 37.6 Å². The lowest BCUT2D eigenvalue weighted by atomic mass is 9.94. The van der Waals surface area contributed by atoms with Gasteiger partial charge < -0.3 is 20.5 Å². The second-order valence-corrected chi connectivity index (χ2v) is 7.48. The van der Waals surface area contributed by atoms with Gasteiger partial charge in [-0.2, -0.15) is 0 Å². The molecule has 0 bridgehead atoms. The van der Waals surface area contributed by atoms with Crippen LogP contribution in [0.15, 0.2) is 24.3 Å². The molecule has 2 amide bonds. The van der Waals surface area contributed by atoms with E-state index >= 15 is 0 Å². The van der Waals surface area contributed by atoms with Crippen molar-refractivity contribution in [3.63, 3.8) is 0 Å². The van der Waals surface area contributed by atoms with Crippen molar-refractivity contribution in [1.82, 2.24) is 5.32 Å². The summed E-state index contributed by atoms with van der Waals surface area (Å²) in [5.41, 5.74) is -0.425. The van der Waals surface area contributed by atoms with E-state index in [0.29, 0.717) is 18.7 Å². The van der Waals surface area contributed by atoms with Gasteiger partial charge in [0.15, 0.2) is 0 Å². The lowest BCUT2D eigenvalue weighted by molar-refractivity contribution is -0.139. The van der Waals surface area contributed by atoms with Gasteiger partial charge in [-0.3, -0.25) is 14.4 Å². The third-order valence-electron chi connectivity index (χ3n) is 3.94. The van der Waals surface area contributed by atoms with Crippen molar-refractivity contribution >= 4 is 35.2 Å². The molecule has 1 aliphatic heterocycles. The molecule has 0 aromatic heterocycles. The molecule has 2 rings (SSSR count). The van der Waals surface area contributed by atoms with Gasteiger partial charge in [-0.1, -0.05) is 0 Å². The van der Waals surface area contributed by atoms with Gasteiger partial charge in [-0.25, -0.2) is 4.39 Å². The zero-order valence-electron chi connectivity index (χ0n) is 14.3. The van der Waals surface area contributed by atoms with Gasteiger partial charge in [0, 0.05) is 12.3 Å². The molecule has 1 aromatic rings. The Morgan fingerprint density at radius 3 is 2.62 bits per heavy atom. The summed E-state index contributed by atoms with van der Waals surface area (Å²) in [6.45, 7) is 2.21. The second-order valence-electron chi connectivity index (χ2n) is 6.15. The summed E-state index contributed by atoms with van der Waals surface area (Å²) in [6, 6.07) is 5.38. The maximum Gasteiger partial charge on any atom is 0.305 e. The van der Waals surface area contributed by atoms with Gasteiger partial charge >= 0.3 is 5.97 Å². The highest BCUT2D eigenvalue weighted by molar-refractivity contribution is 8.01. The fourth-order valence-corrected chi connectivity index (χ4v) is 3.23. The van der Waals surface area contributed by atoms with Crippen molar-refractivity contribution in [2.24, 2.45) is 0 Å². The summed E-state index contributed by atoms with van der Waals surface area (Å²) in [4.78, 5) is 35.3. The predicted octanol–water partition coefficient (Wildman–Crippen LogP) is 1.64. The largest absolute Gasteiger partial charge is 0.481 e. The number of rotatable bonds is 8. The van der Waals surface area contributed by atoms with Crippen molar-refractivity contribution in [3.05, 3.63) is 30.1 Å². The quantitative estimate of drug-likeness (QED) is 0.629. The van der Waals surface area contributed by atoms with Crippen LogP contribution in [-0.2, 0) is 19.1 Å². The normalized spacial score (nSPS) is 20.4. The molecule has 142 valence electrons. The molecule has 1 saturated heterocycles. The van der Waals surface area contributed by atoms with E-state index in [1.165, 1.54) is 24.3 Å². The number of amides is 2. The van der Waals surface area contributed by atoms with E-state index < -0.39 is 22.6 Å². The first kappa shape index (κ1) is 20.2. The summed E-state index contributed by atoms with van der Waals surface area (Å²) in [7, 11) is 0. The minimum absolute atomic E-state index is 0.0361. The molecule has 1 aromatic carbocycles. The summed E-state index contributed by atoms with van der Waals surface area (Å²) in [5, 5.41) is 13.9. The molecular weight excluding hydrogens is 363 g/mol. The number of anilines is 1. The van der Waals surface area contributed by atoms with Crippen LogP contribution in [0.4, 0.5) is 10.1 Å². The number of carboxylic acid groups (broad SMARTS) is 1. The minimum atomic E-state index is -1.00. The first-order valence-corrected chi connectivity index (χ1v) is 9.13. The number of hydrogen-bond acceptors (Lipinski definition) is 5. The van der Waals surface area contributed by atoms with E-state index in [4.69, 9.17) is 9.84 Å². The zero-order chi connectivity index (χ0) is 19.2. The first-order chi connectivity index (χ1) is 12.3. The molecule has 2 atom stereocenters. The Morgan fingerprint density at radius 1 is 1.35 bits per heavy atom. The van der Waals surface area contributed by atoms with Crippen LogP contribution in [0.2, 0.25) is 0 Å². The standard InChI is InChI=1S/C17H21FN2O5S/c1-11(16(24)20-17(8-15(22)23)6-7-25-10-17)26-9-14(21)19-13-4-2-12(18)3-5-13/h2-5,11H,6-10H2,1H3,(H,19,21)(H,20,24)(H,22,23). The van der Waals surface area contributed by atoms with E-state index in [9.17, 15) is 18.8 Å². The highest BCUT2D eigenvalue weighted by Crippen LogP contribution is 2.24. The van der Waals surface area contributed by atoms with Crippen LogP contribution in [0.5, 0.6) is 0 Å². The molecule has 1 aliphatic rings. The molecule has 7 nitrogen and oxygen atoms in total. The summed E-state index contributed by atoms with van der Waals surface area (Å²) in [5.74, 6) is -2.01. The van der Waals surface area contributed by atoms with Gasteiger partial charge in [0.25, 0.3) is 0 Å². The fraction of sp³-hybridized carbons (Fsp3) is 0.471. The van der Waals surface area contributed by atoms with E-state index in [1.807, 2.05) is 0 Å². The second kappa shape index (κ2) is 9.00. The van der Waals surface area contributed by atoms with E-state index in [0.717, 1.165) is 11.8 Å². The molecule has 26 heavy (non-hydrogen) atoms. The molecule has 0 spiro atoms. The van der Waals surface area contributed by atoms with E-state index in [1.54, 1.807) is 6.92 Å². The number of carbonyl (C=O) groups excluding carboxylic acids is 2. The van der Waals surface area contributed by atoms with Crippen molar-refractivity contribution in [2.75, 3.05) is 24.3 Å². The van der Waals surface area contributed by atoms with Gasteiger partial charge in [0.2, 0.25) is 11.8 Å². The number of ether oxygens (including phenoxy) is 1. The minimum Gasteiger partial charge on any atom is -0.481 e. The van der Waals surface area contributed by atoms with Crippen LogP contribution in [-0.4, -0.2) is 52.6 Å². The number of carbonyl (C=O) groups is 3. The molecule has 1 fully saturated rings. The Balaban J connectivity index is 1.81. The topological polar surface area (TPSA) is 105 Å². The van der Waals surface area contributed by atoms with Crippen molar-refractivity contribution in [2.45, 2.75) is 30.6 Å². The third kappa shape index (κ3) is 5.99. The lowest BCUT2D eigenvalue weighted by Crippen LogP contribution is -2.52. The molecule has 0 aliphatic carbocycles. The third-order valence-corrected chi connectivity index (χ3v) is 5.09. The SMILES string of the molecule is CC(SCC(=O)Nc1ccc(F)cc1)C(=O)NC1(CC(=O)O)CCOC1. The summed E-state index contributed by atoms with van der Waals surface area (Å²) >= 11 is 1.13. The van der Waals surface area contributed by atoms with Crippen molar-refractivity contribution in [1.29, 1.82) is 0 Å². The number of halogens is 1. The Labute approximate surface area is 154 Å². The number of carboxylic acids is 1. The lowest BCUT2D eigenvalue weighted by Gasteiger charge is -2.28. The maximum absolute atomic E-state index is 12.8. The van der Waals surface area contributed by atoms with Gasteiger partial charge in [0.1, 0.15) is 5.82 Å². The van der Waals surface area contributed by atoms with Crippen LogP contribution >= 0.6 is 11.8 Å². The molecule has 0 radical (unpaired) electrons. The van der Waals surface area contributed by atoms with Gasteiger partial charge in [-0.15, -0.1) is 11.8 Å². The molecule has 3 N–H and O–H groups in total. The van der Waals surface area contributed by atoms with Crippen molar-refractivity contribution in [3.8, 4) is 0 Å². The number of hydrogen-bond donors (Lipinski definition) is 3. The van der Waals surface area contributed by atoms with Crippen LogP contribution < -0.4 is 10.6 Å². The summed E-state index contributed by atoms with van der Waals surface area (Å²) in [6.07, 6.45) is 0.231. The number of aliphatic carboxylic acids is 1. The van der Waals surface area contributed by atoms with Gasteiger partial charge in [0.05, 0.1) is 29.6 Å². The Morgan fingerprint density at radius 2 is 2.04 bits per heavy atom. The predicted molar refractivity (Wildman–Crippen MR) is 95.5 cm³/mol. The fourth-order valence-electron chi connectivity index (χ4n) is 2.55. The van der Waals surface area contributed by atoms with Crippen LogP contribution in [0.1, 0.15) is 19.8 Å². The molecule has 1 heterocycles. The van der Waals surface area contributed by atoms with Crippen LogP contribution in [0.3, 0.4) is 0 Å². The van der Waals surface area contributed by atoms with E-state index in [2.05, 4.69) is 10.6 Å². The highest BCUT2D eigenvalue weighted by Gasteiger charge is 2.39. The smallest absolute Gasteiger partial charge is 0.305 e. The highest BCUT2D eigenvalue weighted by atomic mass is 32.2. The average Bonchev–Trinajstić information content (AvgIpc) is 3.01. The average molecular weight is 384 g/mol. The molecule has 9 heteroatoms.